The summed E-state index contributed by atoms with van der Waals surface area (Å²) < 4.78 is 38.4. The number of methoxy groups -OCH3 is 2. The minimum atomic E-state index is -3.41. The van der Waals surface area contributed by atoms with E-state index < -0.39 is 9.84 Å². The van der Waals surface area contributed by atoms with Gasteiger partial charge in [-0.25, -0.2) is 8.42 Å². The number of anilines is 2. The third-order valence-electron chi connectivity index (χ3n) is 2.77. The normalized spacial score (nSPS) is 11.8. The summed E-state index contributed by atoms with van der Waals surface area (Å²) in [6, 6.07) is 0. The molecule has 20 heavy (non-hydrogen) atoms. The second-order valence-electron chi connectivity index (χ2n) is 4.08. The van der Waals surface area contributed by atoms with Crippen molar-refractivity contribution in [3.8, 4) is 0 Å². The summed E-state index contributed by atoms with van der Waals surface area (Å²) in [5.41, 5.74) is 5.73. The Hall–Kier alpha value is -0.900. The first kappa shape index (κ1) is 17.2. The van der Waals surface area contributed by atoms with E-state index in [0.717, 1.165) is 11.5 Å². The van der Waals surface area contributed by atoms with Gasteiger partial charge >= 0.3 is 0 Å². The van der Waals surface area contributed by atoms with Gasteiger partial charge in [0.2, 0.25) is 0 Å². The Morgan fingerprint density at radius 1 is 1.25 bits per heavy atom. The Bertz CT molecular complexity index is 508. The third kappa shape index (κ3) is 4.05. The number of sulfone groups is 1. The van der Waals surface area contributed by atoms with Crippen LogP contribution >= 0.6 is 11.5 Å². The molecular formula is C11H21N3O4S2. The molecule has 0 spiro atoms. The fraction of sp³-hybridized carbons (Fsp3) is 0.727. The lowest BCUT2D eigenvalue weighted by molar-refractivity contribution is 0.190. The summed E-state index contributed by atoms with van der Waals surface area (Å²) >= 11 is 1.09. The highest BCUT2D eigenvalue weighted by Crippen LogP contribution is 2.35. The highest BCUT2D eigenvalue weighted by Gasteiger charge is 2.27. The molecule has 0 fully saturated rings. The van der Waals surface area contributed by atoms with Gasteiger partial charge in [-0.1, -0.05) is 6.92 Å². The van der Waals surface area contributed by atoms with Gasteiger partial charge in [0.05, 0.1) is 19.0 Å². The van der Waals surface area contributed by atoms with Crippen molar-refractivity contribution in [2.24, 2.45) is 0 Å². The van der Waals surface area contributed by atoms with Crippen molar-refractivity contribution in [2.45, 2.75) is 11.8 Å². The molecule has 0 unspecified atom stereocenters. The molecule has 0 aliphatic rings. The van der Waals surface area contributed by atoms with Gasteiger partial charge in [-0.2, -0.15) is 4.37 Å². The van der Waals surface area contributed by atoms with Gasteiger partial charge in [-0.15, -0.1) is 0 Å². The lowest BCUT2D eigenvalue weighted by Gasteiger charge is -2.23. The first-order valence-corrected chi connectivity index (χ1v) is 8.61. The number of nitrogen functional groups attached to an aromatic ring is 1. The lowest BCUT2D eigenvalue weighted by Crippen LogP contribution is -2.31. The van der Waals surface area contributed by atoms with E-state index in [1.54, 1.807) is 21.1 Å². The molecule has 0 saturated carbocycles. The summed E-state index contributed by atoms with van der Waals surface area (Å²) in [5, 5.41) is 0.554. The van der Waals surface area contributed by atoms with Crippen molar-refractivity contribution in [1.29, 1.82) is 0 Å². The molecule has 0 radical (unpaired) electrons. The zero-order chi connectivity index (χ0) is 15.2. The Labute approximate surface area is 123 Å². The minimum absolute atomic E-state index is 0.00892. The monoisotopic (exact) mass is 323 g/mol. The van der Waals surface area contributed by atoms with Crippen LogP contribution in [0.1, 0.15) is 6.92 Å². The number of ether oxygens (including phenoxy) is 2. The summed E-state index contributed by atoms with van der Waals surface area (Å²) in [6.45, 7) is 3.65. The number of hydrogen-bond acceptors (Lipinski definition) is 8. The summed E-state index contributed by atoms with van der Waals surface area (Å²) in [7, 11) is -0.219. The SMILES string of the molecule is CCS(=O)(=O)c1c(N)nsc1N(CCOC)CCOC. The van der Waals surface area contributed by atoms with E-state index in [9.17, 15) is 8.42 Å². The third-order valence-corrected chi connectivity index (χ3v) is 5.60. The van der Waals surface area contributed by atoms with E-state index in [1.165, 1.54) is 0 Å². The minimum Gasteiger partial charge on any atom is -0.383 e. The molecule has 1 rings (SSSR count). The Kier molecular flexibility index (Phi) is 6.66. The van der Waals surface area contributed by atoms with Crippen molar-refractivity contribution >= 4 is 32.2 Å². The predicted octanol–water partition coefficient (Wildman–Crippen LogP) is 0.618. The number of nitrogens with two attached hydrogens (primary N) is 1. The molecule has 0 aromatic carbocycles. The van der Waals surface area contributed by atoms with Crippen LogP contribution in [-0.4, -0.2) is 59.1 Å². The molecule has 1 aromatic rings. The van der Waals surface area contributed by atoms with E-state index in [4.69, 9.17) is 15.2 Å². The van der Waals surface area contributed by atoms with E-state index in [2.05, 4.69) is 4.37 Å². The van der Waals surface area contributed by atoms with Crippen LogP contribution in [0.5, 0.6) is 0 Å². The Morgan fingerprint density at radius 3 is 2.25 bits per heavy atom. The standard InChI is InChI=1S/C11H21N3O4S2/c1-4-20(15,16)9-10(12)13-19-11(9)14(5-7-17-2)6-8-18-3/h4-8H2,1-3H3,(H2,12,13). The molecule has 9 heteroatoms. The maximum Gasteiger partial charge on any atom is 0.184 e. The molecule has 1 aromatic heterocycles. The lowest BCUT2D eigenvalue weighted by atomic mass is 10.4. The second-order valence-corrected chi connectivity index (χ2v) is 7.05. The van der Waals surface area contributed by atoms with Crippen molar-refractivity contribution in [3.63, 3.8) is 0 Å². The zero-order valence-electron chi connectivity index (χ0n) is 12.0. The van der Waals surface area contributed by atoms with E-state index in [-0.39, 0.29) is 16.5 Å². The maximum absolute atomic E-state index is 12.2. The molecule has 116 valence electrons. The fourth-order valence-corrected chi connectivity index (χ4v) is 4.00. The zero-order valence-corrected chi connectivity index (χ0v) is 13.6. The number of hydrogen-bond donors (Lipinski definition) is 1. The summed E-state index contributed by atoms with van der Waals surface area (Å²) in [5.74, 6) is 0.0528. The molecule has 1 heterocycles. The average Bonchev–Trinajstić information content (AvgIpc) is 2.81. The molecule has 0 saturated heterocycles. The first-order valence-electron chi connectivity index (χ1n) is 6.18. The molecular weight excluding hydrogens is 302 g/mol. The molecule has 0 amide bonds. The van der Waals surface area contributed by atoms with Crippen LogP contribution in [0.4, 0.5) is 10.8 Å². The fourth-order valence-electron chi connectivity index (χ4n) is 1.64. The van der Waals surface area contributed by atoms with Crippen LogP contribution in [0.15, 0.2) is 4.90 Å². The van der Waals surface area contributed by atoms with Gasteiger partial charge in [0.15, 0.2) is 15.7 Å². The van der Waals surface area contributed by atoms with Gasteiger partial charge in [-0.05, 0) is 11.5 Å². The Morgan fingerprint density at radius 2 is 1.80 bits per heavy atom. The molecule has 0 bridgehead atoms. The average molecular weight is 323 g/mol. The van der Waals surface area contributed by atoms with Crippen LogP contribution in [0.25, 0.3) is 0 Å². The number of rotatable bonds is 9. The largest absolute Gasteiger partial charge is 0.383 e. The van der Waals surface area contributed by atoms with Gasteiger partial charge in [0.1, 0.15) is 9.90 Å². The van der Waals surface area contributed by atoms with Crippen molar-refractivity contribution in [3.05, 3.63) is 0 Å². The molecule has 2 N–H and O–H groups in total. The van der Waals surface area contributed by atoms with Crippen LogP contribution < -0.4 is 10.6 Å². The topological polar surface area (TPSA) is 94.8 Å². The Balaban J connectivity index is 3.13. The number of nitrogens with zero attached hydrogens (tertiary/aromatic N) is 2. The molecule has 0 aliphatic heterocycles. The first-order chi connectivity index (χ1) is 9.47. The van der Waals surface area contributed by atoms with Crippen LogP contribution in [-0.2, 0) is 19.3 Å². The van der Waals surface area contributed by atoms with Crippen LogP contribution in [0.3, 0.4) is 0 Å². The smallest absolute Gasteiger partial charge is 0.184 e. The van der Waals surface area contributed by atoms with Gasteiger partial charge < -0.3 is 20.1 Å². The highest BCUT2D eigenvalue weighted by molar-refractivity contribution is 7.91. The molecule has 7 nitrogen and oxygen atoms in total. The summed E-state index contributed by atoms with van der Waals surface area (Å²) in [4.78, 5) is 2.00. The van der Waals surface area contributed by atoms with Crippen molar-refractivity contribution in [2.75, 3.05) is 56.9 Å². The van der Waals surface area contributed by atoms with Crippen molar-refractivity contribution in [1.82, 2.24) is 4.37 Å². The quantitative estimate of drug-likeness (QED) is 0.711. The van der Waals surface area contributed by atoms with E-state index in [0.29, 0.717) is 31.3 Å². The predicted molar refractivity (Wildman–Crippen MR) is 80.2 cm³/mol. The van der Waals surface area contributed by atoms with Gasteiger partial charge in [0, 0.05) is 27.3 Å². The number of aromatic nitrogens is 1. The van der Waals surface area contributed by atoms with Crippen molar-refractivity contribution < 1.29 is 17.9 Å². The maximum atomic E-state index is 12.2. The van der Waals surface area contributed by atoms with Crippen LogP contribution in [0, 0.1) is 0 Å². The van der Waals surface area contributed by atoms with E-state index >= 15 is 0 Å². The summed E-state index contributed by atoms with van der Waals surface area (Å²) in [6.07, 6.45) is 0. The van der Waals surface area contributed by atoms with Gasteiger partial charge in [0.25, 0.3) is 0 Å². The van der Waals surface area contributed by atoms with E-state index in [1.807, 2.05) is 4.90 Å². The molecule has 0 atom stereocenters. The highest BCUT2D eigenvalue weighted by atomic mass is 32.2. The second kappa shape index (κ2) is 7.77. The molecule has 0 aliphatic carbocycles. The van der Waals surface area contributed by atoms with Gasteiger partial charge in [-0.3, -0.25) is 0 Å². The van der Waals surface area contributed by atoms with Crippen LogP contribution in [0.2, 0.25) is 0 Å².